The number of primary amides is 1. The number of hydrogen-bond donors (Lipinski definition) is 3. The van der Waals surface area contributed by atoms with Crippen LogP contribution in [0.5, 0.6) is 5.75 Å². The highest BCUT2D eigenvalue weighted by molar-refractivity contribution is 7.92. The van der Waals surface area contributed by atoms with Crippen LogP contribution in [0.2, 0.25) is 0 Å². The van der Waals surface area contributed by atoms with Crippen molar-refractivity contribution in [2.24, 2.45) is 5.73 Å². The van der Waals surface area contributed by atoms with Gasteiger partial charge in [-0.3, -0.25) is 14.3 Å². The molecule has 0 unspecified atom stereocenters. The fourth-order valence-corrected chi connectivity index (χ4v) is 4.23. The minimum absolute atomic E-state index is 0.0515. The first-order valence-electron chi connectivity index (χ1n) is 9.29. The molecule has 4 N–H and O–H groups in total. The Morgan fingerprint density at radius 2 is 1.62 bits per heavy atom. The van der Waals surface area contributed by atoms with Crippen LogP contribution in [0.25, 0.3) is 0 Å². The maximum atomic E-state index is 13.6. The molecule has 0 saturated carbocycles. The monoisotopic (exact) mass is 457 g/mol. The summed E-state index contributed by atoms with van der Waals surface area (Å²) in [5.41, 5.74) is 5.68. The third-order valence-corrected chi connectivity index (χ3v) is 6.10. The Bertz CT molecular complexity index is 1290. The summed E-state index contributed by atoms with van der Waals surface area (Å²) in [5.74, 6) is -1.87. The van der Waals surface area contributed by atoms with Gasteiger partial charge in [0.15, 0.2) is 0 Å². The number of hydrogen-bond acceptors (Lipinski definition) is 5. The topological polar surface area (TPSA) is 128 Å². The molecule has 8 nitrogen and oxygen atoms in total. The van der Waals surface area contributed by atoms with E-state index in [2.05, 4.69) is 10.0 Å². The van der Waals surface area contributed by atoms with Crippen molar-refractivity contribution in [2.45, 2.75) is 11.8 Å². The molecule has 3 rings (SSSR count). The minimum Gasteiger partial charge on any atom is -0.497 e. The lowest BCUT2D eigenvalue weighted by Crippen LogP contribution is -2.18. The van der Waals surface area contributed by atoms with Gasteiger partial charge in [-0.25, -0.2) is 12.8 Å². The lowest BCUT2D eigenvalue weighted by atomic mass is 10.1. The van der Waals surface area contributed by atoms with Gasteiger partial charge in [-0.2, -0.15) is 0 Å². The highest BCUT2D eigenvalue weighted by Gasteiger charge is 2.20. The highest BCUT2D eigenvalue weighted by Crippen LogP contribution is 2.23. The van der Waals surface area contributed by atoms with Crippen molar-refractivity contribution in [2.75, 3.05) is 17.1 Å². The summed E-state index contributed by atoms with van der Waals surface area (Å²) in [4.78, 5) is 23.9. The number of ether oxygens (including phenoxy) is 1. The third kappa shape index (κ3) is 5.03. The number of anilines is 2. The SMILES string of the molecule is COc1ccc(NS(=O)(=O)c2cc(C(=O)Nc3ccc(F)c(C(N)=O)c3)ccc2C)cc1. The van der Waals surface area contributed by atoms with Gasteiger partial charge >= 0.3 is 0 Å². The zero-order chi connectivity index (χ0) is 23.5. The lowest BCUT2D eigenvalue weighted by Gasteiger charge is -2.13. The zero-order valence-corrected chi connectivity index (χ0v) is 18.0. The first-order valence-corrected chi connectivity index (χ1v) is 10.8. The van der Waals surface area contributed by atoms with E-state index in [1.165, 1.54) is 31.4 Å². The molecule has 3 aromatic rings. The normalized spacial score (nSPS) is 11.0. The maximum Gasteiger partial charge on any atom is 0.262 e. The average molecular weight is 457 g/mol. The second-order valence-corrected chi connectivity index (χ2v) is 8.48. The third-order valence-electron chi connectivity index (χ3n) is 4.57. The van der Waals surface area contributed by atoms with E-state index >= 15 is 0 Å². The van der Waals surface area contributed by atoms with Gasteiger partial charge in [0.2, 0.25) is 0 Å². The zero-order valence-electron chi connectivity index (χ0n) is 17.2. The molecule has 0 bridgehead atoms. The van der Waals surface area contributed by atoms with Gasteiger partial charge in [0.1, 0.15) is 11.6 Å². The number of carbonyl (C=O) groups is 2. The number of methoxy groups -OCH3 is 1. The standard InChI is InChI=1S/C22H20FN3O5S/c1-13-3-4-14(22(28)25-16-7-10-19(23)18(12-16)21(24)27)11-20(13)32(29,30)26-15-5-8-17(31-2)9-6-15/h3-12,26H,1-2H3,(H2,24,27)(H,25,28). The van der Waals surface area contributed by atoms with Crippen LogP contribution in [0.3, 0.4) is 0 Å². The van der Waals surface area contributed by atoms with Crippen molar-refractivity contribution in [3.05, 3.63) is 83.2 Å². The molecule has 0 aliphatic rings. The van der Waals surface area contributed by atoms with Crippen LogP contribution in [-0.2, 0) is 10.0 Å². The van der Waals surface area contributed by atoms with E-state index in [9.17, 15) is 22.4 Å². The quantitative estimate of drug-likeness (QED) is 0.502. The predicted octanol–water partition coefficient (Wildman–Crippen LogP) is 3.29. The number of amides is 2. The Morgan fingerprint density at radius 1 is 0.969 bits per heavy atom. The summed E-state index contributed by atoms with van der Waals surface area (Å²) in [6, 6.07) is 13.9. The van der Waals surface area contributed by atoms with Gasteiger partial charge in [0.05, 0.1) is 17.6 Å². The molecule has 0 aromatic heterocycles. The smallest absolute Gasteiger partial charge is 0.262 e. The number of carbonyl (C=O) groups excluding carboxylic acids is 2. The van der Waals surface area contributed by atoms with Crippen LogP contribution in [0.4, 0.5) is 15.8 Å². The van der Waals surface area contributed by atoms with Gasteiger partial charge in [-0.05, 0) is 67.1 Å². The van der Waals surface area contributed by atoms with E-state index in [1.54, 1.807) is 31.2 Å². The Hall–Kier alpha value is -3.92. The predicted molar refractivity (Wildman–Crippen MR) is 118 cm³/mol. The van der Waals surface area contributed by atoms with Crippen LogP contribution < -0.4 is 20.5 Å². The fourth-order valence-electron chi connectivity index (χ4n) is 2.90. The highest BCUT2D eigenvalue weighted by atomic mass is 32.2. The average Bonchev–Trinajstić information content (AvgIpc) is 2.75. The van der Waals surface area contributed by atoms with Crippen LogP contribution in [-0.4, -0.2) is 27.3 Å². The van der Waals surface area contributed by atoms with Crippen molar-refractivity contribution in [3.63, 3.8) is 0 Å². The number of aryl methyl sites for hydroxylation is 1. The second kappa shape index (κ2) is 9.06. The molecular weight excluding hydrogens is 437 g/mol. The van der Waals surface area contributed by atoms with Crippen molar-refractivity contribution < 1.29 is 27.1 Å². The van der Waals surface area contributed by atoms with Gasteiger partial charge in [0.25, 0.3) is 21.8 Å². The Morgan fingerprint density at radius 3 is 2.25 bits per heavy atom. The molecule has 0 heterocycles. The first kappa shape index (κ1) is 22.8. The number of rotatable bonds is 7. The van der Waals surface area contributed by atoms with Crippen molar-refractivity contribution in [3.8, 4) is 5.75 Å². The summed E-state index contributed by atoms with van der Waals surface area (Å²) in [7, 11) is -2.50. The van der Waals surface area contributed by atoms with Crippen LogP contribution in [0.15, 0.2) is 65.6 Å². The summed E-state index contributed by atoms with van der Waals surface area (Å²) in [6.45, 7) is 1.60. The van der Waals surface area contributed by atoms with Crippen molar-refractivity contribution in [1.82, 2.24) is 0 Å². The number of halogens is 1. The summed E-state index contributed by atoms with van der Waals surface area (Å²) in [6.07, 6.45) is 0. The molecule has 0 aliphatic carbocycles. The van der Waals surface area contributed by atoms with E-state index in [0.717, 1.165) is 12.1 Å². The van der Waals surface area contributed by atoms with Gasteiger partial charge in [0, 0.05) is 16.9 Å². The number of nitrogens with one attached hydrogen (secondary N) is 2. The van der Waals surface area contributed by atoms with E-state index < -0.39 is 27.7 Å². The number of nitrogens with two attached hydrogens (primary N) is 1. The number of sulfonamides is 1. The van der Waals surface area contributed by atoms with Gasteiger partial charge in [-0.15, -0.1) is 0 Å². The molecule has 0 atom stereocenters. The molecule has 32 heavy (non-hydrogen) atoms. The molecule has 0 radical (unpaired) electrons. The van der Waals surface area contributed by atoms with E-state index in [-0.39, 0.29) is 21.7 Å². The molecule has 10 heteroatoms. The van der Waals surface area contributed by atoms with Crippen molar-refractivity contribution >= 4 is 33.2 Å². The van der Waals surface area contributed by atoms with Crippen LogP contribution in [0.1, 0.15) is 26.3 Å². The maximum absolute atomic E-state index is 13.6. The summed E-state index contributed by atoms with van der Waals surface area (Å²) in [5, 5.41) is 2.50. The Labute approximate surface area is 184 Å². The Kier molecular flexibility index (Phi) is 6.45. The lowest BCUT2D eigenvalue weighted by molar-refractivity contribution is 0.0992. The largest absolute Gasteiger partial charge is 0.497 e. The molecule has 0 aliphatic heterocycles. The van der Waals surface area contributed by atoms with E-state index in [4.69, 9.17) is 10.5 Å². The first-order chi connectivity index (χ1) is 15.1. The van der Waals surface area contributed by atoms with Crippen LogP contribution in [0, 0.1) is 12.7 Å². The minimum atomic E-state index is -4.00. The molecule has 0 saturated heterocycles. The van der Waals surface area contributed by atoms with E-state index in [1.807, 2.05) is 0 Å². The van der Waals surface area contributed by atoms with Crippen LogP contribution >= 0.6 is 0 Å². The molecular formula is C22H20FN3O5S. The van der Waals surface area contributed by atoms with E-state index in [0.29, 0.717) is 17.0 Å². The molecule has 2 amide bonds. The second-order valence-electron chi connectivity index (χ2n) is 6.83. The Balaban J connectivity index is 1.86. The summed E-state index contributed by atoms with van der Waals surface area (Å²) < 4.78 is 46.9. The summed E-state index contributed by atoms with van der Waals surface area (Å²) >= 11 is 0. The van der Waals surface area contributed by atoms with Gasteiger partial charge < -0.3 is 15.8 Å². The van der Waals surface area contributed by atoms with Crippen molar-refractivity contribution in [1.29, 1.82) is 0 Å². The molecule has 3 aromatic carbocycles. The fraction of sp³-hybridized carbons (Fsp3) is 0.0909. The molecule has 0 spiro atoms. The molecule has 166 valence electrons. The number of benzene rings is 3. The van der Waals surface area contributed by atoms with Gasteiger partial charge in [-0.1, -0.05) is 6.07 Å². The molecule has 0 fully saturated rings.